The van der Waals surface area contributed by atoms with E-state index < -0.39 is 10.0 Å². The van der Waals surface area contributed by atoms with Gasteiger partial charge in [0.15, 0.2) is 0 Å². The third kappa shape index (κ3) is 12.3. The Kier molecular flexibility index (Phi) is 16.1. The molecular weight excluding hydrogens is 657 g/mol. The lowest BCUT2D eigenvalue weighted by molar-refractivity contribution is -0.126. The van der Waals surface area contributed by atoms with Crippen molar-refractivity contribution in [2.75, 3.05) is 10.5 Å². The van der Waals surface area contributed by atoms with Crippen LogP contribution in [-0.2, 0) is 19.6 Å². The predicted octanol–water partition coefficient (Wildman–Crippen LogP) is 10.4. The van der Waals surface area contributed by atoms with E-state index >= 15 is 0 Å². The fraction of sp³-hybridized carbons (Fsp3) is 0.476. The zero-order chi connectivity index (χ0) is 36.5. The van der Waals surface area contributed by atoms with Crippen molar-refractivity contribution in [2.45, 2.75) is 121 Å². The van der Waals surface area contributed by atoms with Crippen molar-refractivity contribution in [1.29, 1.82) is 0 Å². The number of fused-ring (bicyclic) bond motifs is 1. The number of hydrogen-bond acceptors (Lipinski definition) is 5. The quantitative estimate of drug-likeness (QED) is 0.0411. The second-order valence-corrected chi connectivity index (χ2v) is 15.6. The highest BCUT2D eigenvalue weighted by atomic mass is 32.2. The largest absolute Gasteiger partial charge is 0.399 e. The molecule has 2 unspecified atom stereocenters. The van der Waals surface area contributed by atoms with Crippen molar-refractivity contribution < 1.29 is 18.0 Å². The third-order valence-electron chi connectivity index (χ3n) is 9.85. The van der Waals surface area contributed by atoms with Gasteiger partial charge in [0.1, 0.15) is 0 Å². The van der Waals surface area contributed by atoms with Gasteiger partial charge in [-0.05, 0) is 43.0 Å². The highest BCUT2D eigenvalue weighted by molar-refractivity contribution is 7.92. The summed E-state index contributed by atoms with van der Waals surface area (Å²) >= 11 is 0. The van der Waals surface area contributed by atoms with Gasteiger partial charge in [-0.15, -0.1) is 0 Å². The van der Waals surface area contributed by atoms with Crippen LogP contribution in [0.15, 0.2) is 83.8 Å². The number of nitrogens with one attached hydrogen (secondary N) is 3. The number of rotatable bonds is 20. The lowest BCUT2D eigenvalue weighted by atomic mass is 9.83. The number of benzene rings is 3. The highest BCUT2D eigenvalue weighted by Crippen LogP contribution is 2.36. The van der Waals surface area contributed by atoms with E-state index in [0.717, 1.165) is 41.4 Å². The van der Waals surface area contributed by atoms with E-state index in [0.29, 0.717) is 23.7 Å². The zero-order valence-electron chi connectivity index (χ0n) is 30.6. The summed E-state index contributed by atoms with van der Waals surface area (Å²) in [7, 11) is -3.78. The summed E-state index contributed by atoms with van der Waals surface area (Å²) in [5.74, 6) is 0.261. The molecule has 0 bridgehead atoms. The zero-order valence-corrected chi connectivity index (χ0v) is 31.4. The van der Waals surface area contributed by atoms with E-state index in [4.69, 9.17) is 5.73 Å². The van der Waals surface area contributed by atoms with Gasteiger partial charge in [-0.3, -0.25) is 19.6 Å². The van der Waals surface area contributed by atoms with E-state index in [1.165, 1.54) is 89.2 Å². The molecule has 1 aromatic heterocycles. The molecule has 8 nitrogen and oxygen atoms in total. The van der Waals surface area contributed by atoms with Crippen LogP contribution in [0.2, 0.25) is 0 Å². The Labute approximate surface area is 305 Å². The van der Waals surface area contributed by atoms with Crippen molar-refractivity contribution in [3.8, 4) is 11.3 Å². The number of imide groups is 1. The fourth-order valence-electron chi connectivity index (χ4n) is 6.98. The van der Waals surface area contributed by atoms with Crippen molar-refractivity contribution in [3.05, 3.63) is 78.9 Å². The number of sulfonamides is 1. The van der Waals surface area contributed by atoms with Crippen LogP contribution in [0.4, 0.5) is 11.4 Å². The molecule has 0 spiro atoms. The summed E-state index contributed by atoms with van der Waals surface area (Å²) in [5, 5.41) is 3.29. The van der Waals surface area contributed by atoms with Crippen LogP contribution >= 0.6 is 0 Å². The van der Waals surface area contributed by atoms with E-state index in [2.05, 4.69) is 28.9 Å². The number of carbonyl (C=O) groups excluding carboxylic acids is 2. The lowest BCUT2D eigenvalue weighted by Gasteiger charge is -2.20. The summed E-state index contributed by atoms with van der Waals surface area (Å²) < 4.78 is 28.5. The van der Waals surface area contributed by atoms with Gasteiger partial charge in [-0.1, -0.05) is 152 Å². The second kappa shape index (κ2) is 20.7. The van der Waals surface area contributed by atoms with Gasteiger partial charge in [-0.2, -0.15) is 0 Å². The van der Waals surface area contributed by atoms with Crippen LogP contribution in [0.5, 0.6) is 0 Å². The molecule has 0 aliphatic carbocycles. The normalized spacial score (nSPS) is 15.0. The minimum atomic E-state index is -3.78. The molecule has 2 heterocycles. The molecule has 1 saturated heterocycles. The monoisotopic (exact) mass is 714 g/mol. The molecule has 276 valence electrons. The minimum Gasteiger partial charge on any atom is -0.399 e. The number of carbonyl (C=O) groups is 2. The van der Waals surface area contributed by atoms with E-state index in [1.54, 1.807) is 12.1 Å². The predicted molar refractivity (Wildman–Crippen MR) is 211 cm³/mol. The summed E-state index contributed by atoms with van der Waals surface area (Å²) in [6.07, 6.45) is 19.9. The molecule has 1 fully saturated rings. The maximum atomic E-state index is 12.9. The molecule has 51 heavy (non-hydrogen) atoms. The van der Waals surface area contributed by atoms with Gasteiger partial charge in [0.25, 0.3) is 10.0 Å². The average Bonchev–Trinajstić information content (AvgIpc) is 3.67. The molecule has 5 N–H and O–H groups in total. The molecule has 0 saturated carbocycles. The summed E-state index contributed by atoms with van der Waals surface area (Å²) in [4.78, 5) is 26.9. The number of anilines is 2. The SMILES string of the molecule is CCCCCCCCCCCCCC(CCCC)C1CC(=O)NC1=O.Nc1cccc(S(=O)(=O)Nc2c(-c3ccccc3)[nH]c3ccccc23)c1. The van der Waals surface area contributed by atoms with Crippen LogP contribution in [0.1, 0.15) is 117 Å². The number of para-hydroxylation sites is 1. The number of nitrogen functional groups attached to an aromatic ring is 1. The Bertz CT molecular complexity index is 1770. The van der Waals surface area contributed by atoms with E-state index in [1.807, 2.05) is 54.6 Å². The maximum absolute atomic E-state index is 12.9. The number of aromatic nitrogens is 1. The summed E-state index contributed by atoms with van der Waals surface area (Å²) in [6.45, 7) is 4.46. The third-order valence-corrected chi connectivity index (χ3v) is 11.2. The van der Waals surface area contributed by atoms with Crippen LogP contribution in [0, 0.1) is 11.8 Å². The van der Waals surface area contributed by atoms with Crippen LogP contribution in [0.3, 0.4) is 0 Å². The van der Waals surface area contributed by atoms with Gasteiger partial charge < -0.3 is 10.7 Å². The Balaban J connectivity index is 0.000000229. The average molecular weight is 715 g/mol. The van der Waals surface area contributed by atoms with E-state index in [-0.39, 0.29) is 22.6 Å². The molecule has 4 aromatic rings. The van der Waals surface area contributed by atoms with Gasteiger partial charge in [0.05, 0.1) is 16.3 Å². The Morgan fingerprint density at radius 1 is 0.745 bits per heavy atom. The van der Waals surface area contributed by atoms with Gasteiger partial charge in [0, 0.05) is 34.5 Å². The smallest absolute Gasteiger partial charge is 0.262 e. The van der Waals surface area contributed by atoms with Crippen molar-refractivity contribution >= 4 is 44.1 Å². The first kappa shape index (κ1) is 39.7. The number of hydrogen-bond donors (Lipinski definition) is 4. The molecule has 5 rings (SSSR count). The molecule has 9 heteroatoms. The number of unbranched alkanes of at least 4 members (excludes halogenated alkanes) is 11. The van der Waals surface area contributed by atoms with Gasteiger partial charge in [0.2, 0.25) is 11.8 Å². The molecule has 2 amide bonds. The first-order valence-corrected chi connectivity index (χ1v) is 20.6. The Hall–Kier alpha value is -4.11. The maximum Gasteiger partial charge on any atom is 0.262 e. The highest BCUT2D eigenvalue weighted by Gasteiger charge is 2.36. The van der Waals surface area contributed by atoms with Gasteiger partial charge in [-0.25, -0.2) is 8.42 Å². The topological polar surface area (TPSA) is 134 Å². The van der Waals surface area contributed by atoms with Gasteiger partial charge >= 0.3 is 0 Å². The molecule has 2 atom stereocenters. The van der Waals surface area contributed by atoms with Crippen molar-refractivity contribution in [1.82, 2.24) is 10.3 Å². The number of nitrogens with two attached hydrogens (primary N) is 1. The van der Waals surface area contributed by atoms with Crippen molar-refractivity contribution in [3.63, 3.8) is 0 Å². The van der Waals surface area contributed by atoms with Crippen LogP contribution in [-0.4, -0.2) is 25.2 Å². The number of aromatic amines is 1. The molecular formula is C42H58N4O4S. The van der Waals surface area contributed by atoms with Crippen molar-refractivity contribution in [2.24, 2.45) is 11.8 Å². The molecule has 1 aliphatic rings. The Morgan fingerprint density at radius 3 is 1.98 bits per heavy atom. The van der Waals surface area contributed by atoms with Crippen LogP contribution < -0.4 is 15.8 Å². The van der Waals surface area contributed by atoms with Crippen LogP contribution in [0.25, 0.3) is 22.2 Å². The molecule has 1 aliphatic heterocycles. The van der Waals surface area contributed by atoms with E-state index in [9.17, 15) is 18.0 Å². The lowest BCUT2D eigenvalue weighted by Crippen LogP contribution is -2.26. The summed E-state index contributed by atoms with van der Waals surface area (Å²) in [6, 6.07) is 23.4. The first-order valence-electron chi connectivity index (χ1n) is 19.1. The summed E-state index contributed by atoms with van der Waals surface area (Å²) in [5.41, 5.74) is 9.14. The fourth-order valence-corrected chi connectivity index (χ4v) is 8.13. The minimum absolute atomic E-state index is 0.0193. The number of amides is 2. The number of H-pyrrole nitrogens is 1. The second-order valence-electron chi connectivity index (χ2n) is 13.9. The molecule has 3 aromatic carbocycles. The standard InChI is InChI=1S/C22H41NO2.C20H17N3O2S/c1-3-5-7-8-9-10-11-12-13-14-15-17-19(16-6-4-2)20-18-21(24)23-22(20)25;21-15-9-6-10-16(13-15)26(24,25)23-20-17-11-4-5-12-18(17)22-19(20)14-7-2-1-3-8-14/h19-20H,3-18H2,1-2H3,(H,23,24,25);1-13,22-23H,21H2. The molecule has 0 radical (unpaired) electrons. The Morgan fingerprint density at radius 2 is 1.35 bits per heavy atom. The first-order chi connectivity index (χ1) is 24.7.